The van der Waals surface area contributed by atoms with E-state index >= 15 is 0 Å². The Kier molecular flexibility index (Phi) is 5.27. The third-order valence-electron chi connectivity index (χ3n) is 6.31. The normalized spacial score (nSPS) is 24.8. The van der Waals surface area contributed by atoms with Crippen LogP contribution in [0.15, 0.2) is 63.9 Å². The molecule has 1 amide bonds. The first-order valence-corrected chi connectivity index (χ1v) is 12.2. The molecule has 2 atom stereocenters. The van der Waals surface area contributed by atoms with Crippen molar-refractivity contribution in [3.63, 3.8) is 0 Å². The highest BCUT2D eigenvalue weighted by atomic mass is 32.2. The summed E-state index contributed by atoms with van der Waals surface area (Å²) in [6.45, 7) is 3.29. The molecular formula is C23H26N4O3S. The molecule has 2 aromatic rings. The lowest BCUT2D eigenvalue weighted by Gasteiger charge is -2.27. The zero-order valence-electron chi connectivity index (χ0n) is 17.3. The van der Waals surface area contributed by atoms with Crippen LogP contribution in [-0.2, 0) is 21.4 Å². The Balaban J connectivity index is 1.25. The van der Waals surface area contributed by atoms with Crippen LogP contribution in [0.4, 0.5) is 0 Å². The number of carbonyl (C=O) groups is 1. The van der Waals surface area contributed by atoms with Crippen LogP contribution in [0.25, 0.3) is 0 Å². The van der Waals surface area contributed by atoms with Crippen LogP contribution in [0, 0.1) is 0 Å². The Hall–Kier alpha value is -2.71. The van der Waals surface area contributed by atoms with Gasteiger partial charge in [0, 0.05) is 37.8 Å². The van der Waals surface area contributed by atoms with Gasteiger partial charge in [-0.15, -0.1) is 4.40 Å². The molecule has 0 saturated carbocycles. The molecule has 2 fully saturated rings. The number of likely N-dealkylation sites (tertiary alicyclic amines) is 2. The van der Waals surface area contributed by atoms with E-state index in [1.807, 2.05) is 23.1 Å². The highest BCUT2D eigenvalue weighted by Crippen LogP contribution is 2.31. The molecule has 0 radical (unpaired) electrons. The molecular weight excluding hydrogens is 412 g/mol. The number of sulfonamides is 1. The fourth-order valence-corrected chi connectivity index (χ4v) is 6.04. The van der Waals surface area contributed by atoms with Gasteiger partial charge >= 0.3 is 0 Å². The Bertz CT molecular complexity index is 1120. The van der Waals surface area contributed by atoms with Gasteiger partial charge in [-0.25, -0.2) is 0 Å². The molecule has 5 rings (SSSR count). The van der Waals surface area contributed by atoms with Gasteiger partial charge in [0.2, 0.25) is 5.91 Å². The molecule has 31 heavy (non-hydrogen) atoms. The van der Waals surface area contributed by atoms with Crippen molar-refractivity contribution in [2.24, 2.45) is 4.40 Å². The van der Waals surface area contributed by atoms with Gasteiger partial charge in [0.25, 0.3) is 10.0 Å². The van der Waals surface area contributed by atoms with Crippen molar-refractivity contribution in [2.75, 3.05) is 19.6 Å². The first kappa shape index (κ1) is 20.2. The van der Waals surface area contributed by atoms with Crippen molar-refractivity contribution in [1.29, 1.82) is 0 Å². The number of nitrogens with zero attached hydrogens (tertiary/aromatic N) is 3. The number of amides is 1. The van der Waals surface area contributed by atoms with Gasteiger partial charge in [0.15, 0.2) is 5.84 Å². The summed E-state index contributed by atoms with van der Waals surface area (Å²) in [4.78, 5) is 17.6. The smallest absolute Gasteiger partial charge is 0.285 e. The standard InChI is InChI=1S/C23H26N4O3S/c28-23(24-18-12-14-26(16-18)15-17-7-2-1-3-8-17)20-10-6-13-27(20)22-19-9-4-5-11-21(19)31(29,30)25-22/h1-5,7-9,11,18,20H,6,10,12-16H2,(H,24,28)/t18-,20-/m1/s1. The summed E-state index contributed by atoms with van der Waals surface area (Å²) in [5.41, 5.74) is 1.87. The van der Waals surface area contributed by atoms with Crippen molar-refractivity contribution in [3.8, 4) is 0 Å². The number of carbonyl (C=O) groups excluding carboxylic acids is 1. The van der Waals surface area contributed by atoms with Crippen LogP contribution < -0.4 is 5.32 Å². The summed E-state index contributed by atoms with van der Waals surface area (Å²) in [5.74, 6) is 0.374. The van der Waals surface area contributed by atoms with Crippen molar-refractivity contribution in [3.05, 3.63) is 65.7 Å². The number of nitrogens with one attached hydrogen (secondary N) is 1. The number of hydrogen-bond acceptors (Lipinski definition) is 5. The van der Waals surface area contributed by atoms with E-state index in [1.165, 1.54) is 5.56 Å². The largest absolute Gasteiger partial charge is 0.350 e. The molecule has 3 heterocycles. The summed E-state index contributed by atoms with van der Waals surface area (Å²) in [6.07, 6.45) is 2.46. The molecule has 7 nitrogen and oxygen atoms in total. The fraction of sp³-hybridized carbons (Fsp3) is 0.391. The number of rotatable bonds is 4. The van der Waals surface area contributed by atoms with Gasteiger partial charge in [-0.1, -0.05) is 42.5 Å². The zero-order chi connectivity index (χ0) is 21.4. The molecule has 2 saturated heterocycles. The second-order valence-electron chi connectivity index (χ2n) is 8.45. The molecule has 162 valence electrons. The zero-order valence-corrected chi connectivity index (χ0v) is 18.1. The Morgan fingerprint density at radius 3 is 2.65 bits per heavy atom. The van der Waals surface area contributed by atoms with E-state index in [0.717, 1.165) is 32.5 Å². The van der Waals surface area contributed by atoms with Gasteiger partial charge < -0.3 is 10.2 Å². The Morgan fingerprint density at radius 2 is 1.81 bits per heavy atom. The average molecular weight is 439 g/mol. The second-order valence-corrected chi connectivity index (χ2v) is 10.0. The summed E-state index contributed by atoms with van der Waals surface area (Å²) in [6, 6.07) is 16.9. The first-order chi connectivity index (χ1) is 15.0. The molecule has 0 aliphatic carbocycles. The number of benzene rings is 2. The molecule has 2 aromatic carbocycles. The lowest BCUT2D eigenvalue weighted by Crippen LogP contribution is -2.49. The van der Waals surface area contributed by atoms with Crippen LogP contribution in [0.2, 0.25) is 0 Å². The van der Waals surface area contributed by atoms with E-state index in [4.69, 9.17) is 0 Å². The SMILES string of the molecule is O=C(N[C@@H]1CCN(Cc2ccccc2)C1)[C@H]1CCCN1C1=NS(=O)(=O)c2ccccc21. The van der Waals surface area contributed by atoms with Gasteiger partial charge in [0.05, 0.1) is 0 Å². The minimum absolute atomic E-state index is 0.0338. The van der Waals surface area contributed by atoms with Gasteiger partial charge in [-0.05, 0) is 37.0 Å². The van der Waals surface area contributed by atoms with E-state index in [1.54, 1.807) is 24.3 Å². The van der Waals surface area contributed by atoms with E-state index in [9.17, 15) is 13.2 Å². The molecule has 0 unspecified atom stereocenters. The van der Waals surface area contributed by atoms with Gasteiger partial charge in [-0.2, -0.15) is 8.42 Å². The van der Waals surface area contributed by atoms with E-state index in [0.29, 0.717) is 24.4 Å². The van der Waals surface area contributed by atoms with Crippen LogP contribution in [0.5, 0.6) is 0 Å². The molecule has 3 aliphatic heterocycles. The maximum absolute atomic E-state index is 13.1. The number of amidine groups is 1. The van der Waals surface area contributed by atoms with Crippen molar-refractivity contribution < 1.29 is 13.2 Å². The third-order valence-corrected chi connectivity index (χ3v) is 7.63. The molecule has 0 spiro atoms. The quantitative estimate of drug-likeness (QED) is 0.790. The van der Waals surface area contributed by atoms with Gasteiger partial charge in [0.1, 0.15) is 10.9 Å². The summed E-state index contributed by atoms with van der Waals surface area (Å²) >= 11 is 0. The van der Waals surface area contributed by atoms with E-state index < -0.39 is 10.0 Å². The maximum atomic E-state index is 13.1. The van der Waals surface area contributed by atoms with Crippen molar-refractivity contribution in [2.45, 2.75) is 42.8 Å². The predicted molar refractivity (Wildman–Crippen MR) is 118 cm³/mol. The van der Waals surface area contributed by atoms with Gasteiger partial charge in [-0.3, -0.25) is 9.69 Å². The summed E-state index contributed by atoms with van der Waals surface area (Å²) in [5, 5.41) is 3.21. The first-order valence-electron chi connectivity index (χ1n) is 10.8. The molecule has 0 aromatic heterocycles. The predicted octanol–water partition coefficient (Wildman–Crippen LogP) is 1.99. The monoisotopic (exact) mass is 438 g/mol. The maximum Gasteiger partial charge on any atom is 0.285 e. The van der Waals surface area contributed by atoms with Crippen molar-refractivity contribution >= 4 is 21.8 Å². The number of fused-ring (bicyclic) bond motifs is 1. The van der Waals surface area contributed by atoms with Crippen LogP contribution in [0.3, 0.4) is 0 Å². The summed E-state index contributed by atoms with van der Waals surface area (Å²) < 4.78 is 28.9. The summed E-state index contributed by atoms with van der Waals surface area (Å²) in [7, 11) is -3.69. The second kappa shape index (κ2) is 8.09. The molecule has 8 heteroatoms. The molecule has 0 bridgehead atoms. The highest BCUT2D eigenvalue weighted by molar-refractivity contribution is 7.90. The minimum Gasteiger partial charge on any atom is -0.350 e. The minimum atomic E-state index is -3.69. The molecule has 3 aliphatic rings. The fourth-order valence-electron chi connectivity index (χ4n) is 4.82. The van der Waals surface area contributed by atoms with Crippen LogP contribution >= 0.6 is 0 Å². The lowest BCUT2D eigenvalue weighted by atomic mass is 10.1. The number of hydrogen-bond donors (Lipinski definition) is 1. The van der Waals surface area contributed by atoms with E-state index in [-0.39, 0.29) is 22.9 Å². The molecule has 1 N–H and O–H groups in total. The third kappa shape index (κ3) is 3.97. The van der Waals surface area contributed by atoms with Crippen LogP contribution in [-0.4, -0.2) is 61.7 Å². The topological polar surface area (TPSA) is 82.1 Å². The van der Waals surface area contributed by atoms with Crippen LogP contribution in [0.1, 0.15) is 30.4 Å². The Morgan fingerprint density at radius 1 is 1.03 bits per heavy atom. The lowest BCUT2D eigenvalue weighted by molar-refractivity contribution is -0.125. The Labute approximate surface area is 182 Å². The highest BCUT2D eigenvalue weighted by Gasteiger charge is 2.40. The van der Waals surface area contributed by atoms with Crippen molar-refractivity contribution in [1.82, 2.24) is 15.1 Å². The van der Waals surface area contributed by atoms with E-state index in [2.05, 4.69) is 26.7 Å². The average Bonchev–Trinajstić information content (AvgIpc) is 3.47.